The van der Waals surface area contributed by atoms with E-state index in [-0.39, 0.29) is 16.5 Å². The van der Waals surface area contributed by atoms with Gasteiger partial charge in [-0.15, -0.1) is 11.3 Å². The Morgan fingerprint density at radius 2 is 2.21 bits per heavy atom. The fourth-order valence-electron chi connectivity index (χ4n) is 2.02. The predicted molar refractivity (Wildman–Crippen MR) is 98.6 cm³/mol. The van der Waals surface area contributed by atoms with Crippen molar-refractivity contribution in [1.82, 2.24) is 9.88 Å². The van der Waals surface area contributed by atoms with Crippen molar-refractivity contribution in [2.75, 3.05) is 13.6 Å². The van der Waals surface area contributed by atoms with Gasteiger partial charge in [0, 0.05) is 24.0 Å². The monoisotopic (exact) mass is 364 g/mol. The minimum absolute atomic E-state index is 0.0169. The fourth-order valence-corrected chi connectivity index (χ4v) is 2.87. The molecule has 0 bridgehead atoms. The molecule has 2 aromatic rings. The second-order valence-corrected chi connectivity index (χ2v) is 6.33. The van der Waals surface area contributed by atoms with E-state index in [2.05, 4.69) is 9.98 Å². The fraction of sp³-hybridized carbons (Fsp3) is 0.250. The van der Waals surface area contributed by atoms with E-state index < -0.39 is 0 Å². The number of pyridine rings is 1. The zero-order chi connectivity index (χ0) is 17.7. The van der Waals surface area contributed by atoms with Gasteiger partial charge in [0.1, 0.15) is 5.15 Å². The molecule has 0 saturated heterocycles. The summed E-state index contributed by atoms with van der Waals surface area (Å²) >= 11 is 7.24. The van der Waals surface area contributed by atoms with Crippen LogP contribution in [0.25, 0.3) is 5.57 Å². The summed E-state index contributed by atoms with van der Waals surface area (Å²) in [5.41, 5.74) is 1.07. The molecule has 0 atom stereocenters. The first kappa shape index (κ1) is 18.1. The molecule has 0 amide bonds. The number of aliphatic imine (C=N–C) groups is 1. The topological polar surface area (TPSA) is 71.6 Å². The summed E-state index contributed by atoms with van der Waals surface area (Å²) < 4.78 is 0. The van der Waals surface area contributed by atoms with E-state index in [0.717, 1.165) is 4.88 Å². The number of rotatable bonds is 5. The summed E-state index contributed by atoms with van der Waals surface area (Å²) in [5, 5.41) is 14.0. The Balaban J connectivity index is 2.62. The SMILES string of the molecule is CCN(C)C(=Nc1ccc(Cl)nc1)C(=C(C)c1cccs1)[N+](=O)[O-]. The van der Waals surface area contributed by atoms with Crippen LogP contribution in [0.3, 0.4) is 0 Å². The van der Waals surface area contributed by atoms with Gasteiger partial charge in [0.2, 0.25) is 5.84 Å². The molecule has 0 radical (unpaired) electrons. The molecule has 0 N–H and O–H groups in total. The average Bonchev–Trinajstić information content (AvgIpc) is 3.09. The highest BCUT2D eigenvalue weighted by Crippen LogP contribution is 2.26. The van der Waals surface area contributed by atoms with Crippen molar-refractivity contribution in [1.29, 1.82) is 0 Å². The maximum atomic E-state index is 11.8. The number of hydrogen-bond acceptors (Lipinski definition) is 5. The Labute approximate surface area is 149 Å². The van der Waals surface area contributed by atoms with E-state index in [1.165, 1.54) is 17.5 Å². The Hall–Kier alpha value is -2.25. The molecule has 0 unspecified atom stereocenters. The molecule has 126 valence electrons. The molecule has 0 saturated carbocycles. The van der Waals surface area contributed by atoms with E-state index in [1.54, 1.807) is 31.0 Å². The number of allylic oxidation sites excluding steroid dienone is 1. The van der Waals surface area contributed by atoms with E-state index in [4.69, 9.17) is 11.6 Å². The first-order chi connectivity index (χ1) is 11.4. The number of hydrogen-bond donors (Lipinski definition) is 0. The van der Waals surface area contributed by atoms with Gasteiger partial charge in [0.15, 0.2) is 0 Å². The van der Waals surface area contributed by atoms with Crippen molar-refractivity contribution in [3.63, 3.8) is 0 Å². The van der Waals surface area contributed by atoms with Crippen LogP contribution in [-0.2, 0) is 0 Å². The van der Waals surface area contributed by atoms with Gasteiger partial charge in [-0.25, -0.2) is 9.98 Å². The Morgan fingerprint density at radius 3 is 2.71 bits per heavy atom. The number of amidine groups is 1. The van der Waals surface area contributed by atoms with E-state index in [0.29, 0.717) is 23.0 Å². The van der Waals surface area contributed by atoms with Gasteiger partial charge in [-0.2, -0.15) is 0 Å². The van der Waals surface area contributed by atoms with Crippen LogP contribution in [-0.4, -0.2) is 34.2 Å². The lowest BCUT2D eigenvalue weighted by molar-refractivity contribution is -0.415. The smallest absolute Gasteiger partial charge is 0.315 e. The lowest BCUT2D eigenvalue weighted by Gasteiger charge is -2.18. The van der Waals surface area contributed by atoms with Crippen molar-refractivity contribution in [2.45, 2.75) is 13.8 Å². The van der Waals surface area contributed by atoms with Gasteiger partial charge in [-0.1, -0.05) is 17.7 Å². The van der Waals surface area contributed by atoms with Crippen LogP contribution in [0.15, 0.2) is 46.5 Å². The Kier molecular flexibility index (Phi) is 6.05. The van der Waals surface area contributed by atoms with Crippen molar-refractivity contribution in [2.24, 2.45) is 4.99 Å². The van der Waals surface area contributed by atoms with Crippen molar-refractivity contribution < 1.29 is 4.92 Å². The number of halogens is 1. The van der Waals surface area contributed by atoms with Gasteiger partial charge >= 0.3 is 5.70 Å². The first-order valence-electron chi connectivity index (χ1n) is 7.25. The van der Waals surface area contributed by atoms with Crippen LogP contribution in [0.5, 0.6) is 0 Å². The second kappa shape index (κ2) is 8.03. The lowest BCUT2D eigenvalue weighted by atomic mass is 10.1. The molecule has 0 aromatic carbocycles. The zero-order valence-electron chi connectivity index (χ0n) is 13.6. The molecule has 0 aliphatic rings. The van der Waals surface area contributed by atoms with Gasteiger partial charge in [0.25, 0.3) is 0 Å². The molecular formula is C16H17ClN4O2S. The standard InChI is InChI=1S/C16H17ClN4O2S/c1-4-20(3)16(19-12-7-8-14(17)18-10-12)15(21(22)23)11(2)13-6-5-9-24-13/h5-10H,4H2,1-3H3. The van der Waals surface area contributed by atoms with Crippen LogP contribution in [0.1, 0.15) is 18.7 Å². The minimum Gasteiger partial charge on any atom is -0.354 e. The highest BCUT2D eigenvalue weighted by molar-refractivity contribution is 7.11. The van der Waals surface area contributed by atoms with Crippen molar-refractivity contribution >= 4 is 40.0 Å². The first-order valence-corrected chi connectivity index (χ1v) is 8.50. The summed E-state index contributed by atoms with van der Waals surface area (Å²) in [6, 6.07) is 7.00. The van der Waals surface area contributed by atoms with Gasteiger partial charge in [-0.3, -0.25) is 10.1 Å². The Bertz CT molecular complexity index is 770. The zero-order valence-corrected chi connectivity index (χ0v) is 15.1. The summed E-state index contributed by atoms with van der Waals surface area (Å²) in [6.07, 6.45) is 1.49. The maximum absolute atomic E-state index is 11.8. The van der Waals surface area contributed by atoms with Crippen molar-refractivity contribution in [3.05, 3.63) is 61.7 Å². The number of nitrogens with zero attached hydrogens (tertiary/aromatic N) is 4. The molecule has 0 spiro atoms. The normalized spacial score (nSPS) is 12.8. The highest BCUT2D eigenvalue weighted by Gasteiger charge is 2.27. The van der Waals surface area contributed by atoms with Crippen LogP contribution < -0.4 is 0 Å². The van der Waals surface area contributed by atoms with Gasteiger partial charge in [0.05, 0.1) is 16.8 Å². The summed E-state index contributed by atoms with van der Waals surface area (Å²) in [5.74, 6) is 0.289. The van der Waals surface area contributed by atoms with Crippen LogP contribution >= 0.6 is 22.9 Å². The molecule has 0 aliphatic heterocycles. The van der Waals surface area contributed by atoms with Crippen LogP contribution in [0, 0.1) is 10.1 Å². The number of likely N-dealkylation sites (N-methyl/N-ethyl adjacent to an activating group) is 1. The molecule has 2 rings (SSSR count). The second-order valence-electron chi connectivity index (χ2n) is 5.00. The molecular weight excluding hydrogens is 348 g/mol. The van der Waals surface area contributed by atoms with E-state index in [1.807, 2.05) is 24.4 Å². The third kappa shape index (κ3) is 4.18. The number of thiophene rings is 1. The molecule has 2 heterocycles. The van der Waals surface area contributed by atoms with Crippen LogP contribution in [0.4, 0.5) is 5.69 Å². The molecule has 0 fully saturated rings. The third-order valence-electron chi connectivity index (χ3n) is 3.42. The molecule has 8 heteroatoms. The third-order valence-corrected chi connectivity index (χ3v) is 4.64. The number of nitro groups is 1. The Morgan fingerprint density at radius 1 is 1.46 bits per heavy atom. The quantitative estimate of drug-likeness (QED) is 0.258. The molecule has 24 heavy (non-hydrogen) atoms. The predicted octanol–water partition coefficient (Wildman–Crippen LogP) is 4.49. The highest BCUT2D eigenvalue weighted by atomic mass is 35.5. The number of aromatic nitrogens is 1. The maximum Gasteiger partial charge on any atom is 0.315 e. The van der Waals surface area contributed by atoms with Gasteiger partial charge in [-0.05, 0) is 37.4 Å². The van der Waals surface area contributed by atoms with Crippen molar-refractivity contribution in [3.8, 4) is 0 Å². The van der Waals surface area contributed by atoms with E-state index in [9.17, 15) is 10.1 Å². The van der Waals surface area contributed by atoms with E-state index >= 15 is 0 Å². The molecule has 2 aromatic heterocycles. The minimum atomic E-state index is -0.386. The average molecular weight is 365 g/mol. The van der Waals surface area contributed by atoms with Crippen LogP contribution in [0.2, 0.25) is 5.15 Å². The summed E-state index contributed by atoms with van der Waals surface area (Å²) in [6.45, 7) is 4.23. The largest absolute Gasteiger partial charge is 0.354 e. The van der Waals surface area contributed by atoms with Gasteiger partial charge < -0.3 is 4.90 Å². The molecule has 0 aliphatic carbocycles. The summed E-state index contributed by atoms with van der Waals surface area (Å²) in [7, 11) is 1.77. The summed E-state index contributed by atoms with van der Waals surface area (Å²) in [4.78, 5) is 22.4. The lowest BCUT2D eigenvalue weighted by Crippen LogP contribution is -2.31. The molecule has 6 nitrogen and oxygen atoms in total.